The van der Waals surface area contributed by atoms with E-state index in [4.69, 9.17) is 9.47 Å². The van der Waals surface area contributed by atoms with Crippen LogP contribution in [0.2, 0.25) is 0 Å². The molecule has 2 aromatic rings. The average Bonchev–Trinajstić information content (AvgIpc) is 3.00. The van der Waals surface area contributed by atoms with Gasteiger partial charge in [0.05, 0.1) is 23.7 Å². The third-order valence-electron chi connectivity index (χ3n) is 3.81. The van der Waals surface area contributed by atoms with Gasteiger partial charge in [0.15, 0.2) is 0 Å². The Morgan fingerprint density at radius 2 is 2.37 bits per heavy atom. The summed E-state index contributed by atoms with van der Waals surface area (Å²) in [6.45, 7) is 3.63. The van der Waals surface area contributed by atoms with Crippen molar-refractivity contribution in [3.05, 3.63) is 24.0 Å². The standard InChI is InChI=1S/C15H20N2O2/c1-11-16-14-10-13(5-6-15(14)17(11)2)19-9-7-12-4-3-8-18-12/h5-6,10,12H,3-4,7-9H2,1-2H3/t12-/m0/s1. The van der Waals surface area contributed by atoms with E-state index in [1.54, 1.807) is 0 Å². The van der Waals surface area contributed by atoms with E-state index in [0.717, 1.165) is 35.6 Å². The maximum absolute atomic E-state index is 5.80. The van der Waals surface area contributed by atoms with Gasteiger partial charge in [-0.3, -0.25) is 0 Å². The van der Waals surface area contributed by atoms with Crippen molar-refractivity contribution in [2.75, 3.05) is 13.2 Å². The summed E-state index contributed by atoms with van der Waals surface area (Å²) in [4.78, 5) is 4.52. The Morgan fingerprint density at radius 1 is 1.47 bits per heavy atom. The lowest BCUT2D eigenvalue weighted by molar-refractivity contribution is 0.0904. The SMILES string of the molecule is Cc1nc2cc(OCC[C@@H]3CCCO3)ccc2n1C. The first-order valence-electron chi connectivity index (χ1n) is 6.91. The van der Waals surface area contributed by atoms with E-state index in [-0.39, 0.29) is 0 Å². The Morgan fingerprint density at radius 3 is 3.16 bits per heavy atom. The quantitative estimate of drug-likeness (QED) is 0.848. The highest BCUT2D eigenvalue weighted by molar-refractivity contribution is 5.77. The monoisotopic (exact) mass is 260 g/mol. The lowest BCUT2D eigenvalue weighted by Crippen LogP contribution is -2.10. The normalized spacial score (nSPS) is 19.2. The molecule has 1 aliphatic rings. The number of rotatable bonds is 4. The first-order chi connectivity index (χ1) is 9.24. The van der Waals surface area contributed by atoms with Gasteiger partial charge in [0, 0.05) is 26.1 Å². The van der Waals surface area contributed by atoms with E-state index in [1.165, 1.54) is 12.8 Å². The molecule has 0 amide bonds. The number of benzene rings is 1. The van der Waals surface area contributed by atoms with Crippen molar-refractivity contribution in [3.63, 3.8) is 0 Å². The Labute approximate surface area is 113 Å². The summed E-state index contributed by atoms with van der Waals surface area (Å²) >= 11 is 0. The molecule has 0 saturated carbocycles. The van der Waals surface area contributed by atoms with Crippen LogP contribution >= 0.6 is 0 Å². The molecule has 0 spiro atoms. The molecule has 1 atom stereocenters. The topological polar surface area (TPSA) is 36.3 Å². The van der Waals surface area contributed by atoms with Crippen molar-refractivity contribution in [1.82, 2.24) is 9.55 Å². The second kappa shape index (κ2) is 5.21. The number of aryl methyl sites for hydroxylation is 2. The molecule has 0 bridgehead atoms. The summed E-state index contributed by atoms with van der Waals surface area (Å²) in [6, 6.07) is 6.09. The van der Waals surface area contributed by atoms with Crippen LogP contribution < -0.4 is 4.74 Å². The largest absolute Gasteiger partial charge is 0.493 e. The molecule has 1 aliphatic heterocycles. The fourth-order valence-electron chi connectivity index (χ4n) is 2.57. The smallest absolute Gasteiger partial charge is 0.121 e. The van der Waals surface area contributed by atoms with Crippen molar-refractivity contribution < 1.29 is 9.47 Å². The third kappa shape index (κ3) is 2.59. The van der Waals surface area contributed by atoms with Crippen LogP contribution in [-0.4, -0.2) is 28.9 Å². The molecule has 0 radical (unpaired) electrons. The summed E-state index contributed by atoms with van der Waals surface area (Å²) in [5.41, 5.74) is 2.14. The molecule has 1 saturated heterocycles. The molecular formula is C15H20N2O2. The molecule has 4 heteroatoms. The molecule has 102 valence electrons. The van der Waals surface area contributed by atoms with Gasteiger partial charge in [-0.15, -0.1) is 0 Å². The van der Waals surface area contributed by atoms with Crippen LogP contribution in [0.25, 0.3) is 11.0 Å². The molecule has 0 N–H and O–H groups in total. The number of imidazole rings is 1. The third-order valence-corrected chi connectivity index (χ3v) is 3.81. The lowest BCUT2D eigenvalue weighted by Gasteiger charge is -2.10. The minimum atomic E-state index is 0.390. The van der Waals surface area contributed by atoms with E-state index < -0.39 is 0 Å². The van der Waals surface area contributed by atoms with Crippen LogP contribution in [-0.2, 0) is 11.8 Å². The zero-order valence-corrected chi connectivity index (χ0v) is 11.6. The van der Waals surface area contributed by atoms with Gasteiger partial charge >= 0.3 is 0 Å². The molecule has 19 heavy (non-hydrogen) atoms. The van der Waals surface area contributed by atoms with Gasteiger partial charge < -0.3 is 14.0 Å². The van der Waals surface area contributed by atoms with Crippen molar-refractivity contribution >= 4 is 11.0 Å². The molecule has 0 aliphatic carbocycles. The molecule has 4 nitrogen and oxygen atoms in total. The number of hydrogen-bond acceptors (Lipinski definition) is 3. The van der Waals surface area contributed by atoms with E-state index in [2.05, 4.69) is 15.6 Å². The number of ether oxygens (including phenoxy) is 2. The zero-order chi connectivity index (χ0) is 13.2. The number of hydrogen-bond donors (Lipinski definition) is 0. The Bertz CT molecular complexity index is 571. The van der Waals surface area contributed by atoms with Gasteiger partial charge in [0.1, 0.15) is 11.6 Å². The minimum Gasteiger partial charge on any atom is -0.493 e. The van der Waals surface area contributed by atoms with Crippen molar-refractivity contribution in [3.8, 4) is 5.75 Å². The average molecular weight is 260 g/mol. The fraction of sp³-hybridized carbons (Fsp3) is 0.533. The predicted molar refractivity (Wildman–Crippen MR) is 74.5 cm³/mol. The summed E-state index contributed by atoms with van der Waals surface area (Å²) in [6.07, 6.45) is 3.71. The van der Waals surface area contributed by atoms with Gasteiger partial charge in [0.2, 0.25) is 0 Å². The second-order valence-corrected chi connectivity index (χ2v) is 5.14. The molecule has 1 fully saturated rings. The highest BCUT2D eigenvalue weighted by Gasteiger charge is 2.15. The van der Waals surface area contributed by atoms with Crippen LogP contribution in [0.5, 0.6) is 5.75 Å². The van der Waals surface area contributed by atoms with E-state index in [9.17, 15) is 0 Å². The minimum absolute atomic E-state index is 0.390. The lowest BCUT2D eigenvalue weighted by atomic mass is 10.2. The van der Waals surface area contributed by atoms with E-state index in [0.29, 0.717) is 12.7 Å². The maximum atomic E-state index is 5.80. The van der Waals surface area contributed by atoms with Crippen LogP contribution in [0.15, 0.2) is 18.2 Å². The van der Waals surface area contributed by atoms with Crippen molar-refractivity contribution in [1.29, 1.82) is 0 Å². The van der Waals surface area contributed by atoms with Crippen LogP contribution in [0, 0.1) is 6.92 Å². The second-order valence-electron chi connectivity index (χ2n) is 5.14. The number of aromatic nitrogens is 2. The summed E-state index contributed by atoms with van der Waals surface area (Å²) < 4.78 is 13.5. The fourth-order valence-corrected chi connectivity index (χ4v) is 2.57. The molecule has 3 rings (SSSR count). The first kappa shape index (κ1) is 12.5. The van der Waals surface area contributed by atoms with Crippen molar-refractivity contribution in [2.24, 2.45) is 7.05 Å². The first-order valence-corrected chi connectivity index (χ1v) is 6.91. The summed E-state index contributed by atoms with van der Waals surface area (Å²) in [7, 11) is 2.03. The van der Waals surface area contributed by atoms with Crippen LogP contribution in [0.4, 0.5) is 0 Å². The van der Waals surface area contributed by atoms with Crippen LogP contribution in [0.3, 0.4) is 0 Å². The number of nitrogens with zero attached hydrogens (tertiary/aromatic N) is 2. The summed E-state index contributed by atoms with van der Waals surface area (Å²) in [5, 5.41) is 0. The van der Waals surface area contributed by atoms with Gasteiger partial charge in [-0.2, -0.15) is 0 Å². The summed E-state index contributed by atoms with van der Waals surface area (Å²) in [5.74, 6) is 1.91. The molecular weight excluding hydrogens is 240 g/mol. The maximum Gasteiger partial charge on any atom is 0.121 e. The highest BCUT2D eigenvalue weighted by atomic mass is 16.5. The Balaban J connectivity index is 1.64. The molecule has 0 unspecified atom stereocenters. The number of fused-ring (bicyclic) bond motifs is 1. The zero-order valence-electron chi connectivity index (χ0n) is 11.6. The van der Waals surface area contributed by atoms with Crippen molar-refractivity contribution in [2.45, 2.75) is 32.3 Å². The van der Waals surface area contributed by atoms with E-state index in [1.807, 2.05) is 26.1 Å². The van der Waals surface area contributed by atoms with Gasteiger partial charge in [-0.05, 0) is 31.9 Å². The molecule has 1 aromatic heterocycles. The molecule has 1 aromatic carbocycles. The predicted octanol–water partition coefficient (Wildman–Crippen LogP) is 2.83. The highest BCUT2D eigenvalue weighted by Crippen LogP contribution is 2.22. The Hall–Kier alpha value is -1.55. The molecule has 2 heterocycles. The Kier molecular flexibility index (Phi) is 3.42. The van der Waals surface area contributed by atoms with Gasteiger partial charge in [-0.1, -0.05) is 0 Å². The van der Waals surface area contributed by atoms with Crippen LogP contribution in [0.1, 0.15) is 25.1 Å². The van der Waals surface area contributed by atoms with E-state index >= 15 is 0 Å². The van der Waals surface area contributed by atoms with Gasteiger partial charge in [0.25, 0.3) is 0 Å². The van der Waals surface area contributed by atoms with Gasteiger partial charge in [-0.25, -0.2) is 4.98 Å².